The van der Waals surface area contributed by atoms with E-state index < -0.39 is 0 Å². The lowest BCUT2D eigenvalue weighted by molar-refractivity contribution is -0.135. The van der Waals surface area contributed by atoms with E-state index in [1.807, 2.05) is 18.2 Å². The molecule has 0 atom stereocenters. The van der Waals surface area contributed by atoms with Crippen LogP contribution in [0.15, 0.2) is 49.1 Å². The molecule has 1 N–H and O–H groups in total. The van der Waals surface area contributed by atoms with Gasteiger partial charge in [-0.25, -0.2) is 0 Å². The normalized spacial score (nSPS) is 10.1. The number of aromatic nitrogens is 2. The van der Waals surface area contributed by atoms with Crippen molar-refractivity contribution in [1.82, 2.24) is 20.2 Å². The first kappa shape index (κ1) is 16.6. The van der Waals surface area contributed by atoms with Gasteiger partial charge in [-0.15, -0.1) is 0 Å². The summed E-state index contributed by atoms with van der Waals surface area (Å²) in [4.78, 5) is 33.3. The molecule has 23 heavy (non-hydrogen) atoms. The number of likely N-dealkylation sites (N-methyl/N-ethyl adjacent to an activating group) is 1. The smallest absolute Gasteiger partial charge is 0.231 e. The fraction of sp³-hybridized carbons (Fsp3) is 0.294. The molecule has 2 amide bonds. The van der Waals surface area contributed by atoms with Crippen molar-refractivity contribution in [1.29, 1.82) is 0 Å². The maximum absolute atomic E-state index is 12.0. The Labute approximate surface area is 135 Å². The Bertz CT molecular complexity index is 632. The molecule has 0 saturated carbocycles. The molecular weight excluding hydrogens is 292 g/mol. The summed E-state index contributed by atoms with van der Waals surface area (Å²) in [5.74, 6) is -0.475. The molecule has 2 heterocycles. The lowest BCUT2D eigenvalue weighted by atomic mass is 10.2. The van der Waals surface area contributed by atoms with Crippen LogP contribution in [0, 0.1) is 0 Å². The third kappa shape index (κ3) is 5.86. The summed E-state index contributed by atoms with van der Waals surface area (Å²) in [5, 5.41) is 2.72. The summed E-state index contributed by atoms with van der Waals surface area (Å²) >= 11 is 0. The van der Waals surface area contributed by atoms with E-state index in [0.29, 0.717) is 13.1 Å². The Morgan fingerprint density at radius 1 is 1.09 bits per heavy atom. The molecule has 0 aliphatic carbocycles. The summed E-state index contributed by atoms with van der Waals surface area (Å²) in [6.07, 6.45) is 7.40. The van der Waals surface area contributed by atoms with Crippen LogP contribution in [-0.2, 0) is 22.6 Å². The van der Waals surface area contributed by atoms with Crippen molar-refractivity contribution in [3.8, 4) is 0 Å². The third-order valence-electron chi connectivity index (χ3n) is 3.44. The van der Waals surface area contributed by atoms with Gasteiger partial charge in [0.2, 0.25) is 11.8 Å². The molecule has 0 aliphatic heterocycles. The highest BCUT2D eigenvalue weighted by Gasteiger charge is 2.13. The molecule has 2 rings (SSSR count). The lowest BCUT2D eigenvalue weighted by Gasteiger charge is -2.17. The van der Waals surface area contributed by atoms with E-state index in [1.54, 1.807) is 42.8 Å². The Morgan fingerprint density at radius 2 is 1.87 bits per heavy atom. The molecule has 0 fully saturated rings. The molecule has 0 aliphatic rings. The molecule has 0 aromatic carbocycles. The Hall–Kier alpha value is -2.76. The van der Waals surface area contributed by atoms with E-state index in [4.69, 9.17) is 0 Å². The highest BCUT2D eigenvalue weighted by Crippen LogP contribution is 2.01. The molecule has 2 aromatic heterocycles. The van der Waals surface area contributed by atoms with E-state index in [-0.39, 0.29) is 18.2 Å². The highest BCUT2D eigenvalue weighted by atomic mass is 16.2. The minimum absolute atomic E-state index is 0.146. The second-order valence-corrected chi connectivity index (χ2v) is 5.24. The van der Waals surface area contributed by atoms with Crippen LogP contribution in [-0.4, -0.2) is 40.3 Å². The first-order chi connectivity index (χ1) is 11.1. The maximum atomic E-state index is 12.0. The van der Waals surface area contributed by atoms with E-state index in [0.717, 1.165) is 17.5 Å². The Kier molecular flexibility index (Phi) is 6.23. The maximum Gasteiger partial charge on any atom is 0.231 e. The first-order valence-electron chi connectivity index (χ1n) is 7.43. The number of amides is 2. The van der Waals surface area contributed by atoms with Crippen molar-refractivity contribution in [2.75, 3.05) is 13.6 Å². The van der Waals surface area contributed by atoms with Gasteiger partial charge in [-0.05, 0) is 35.7 Å². The van der Waals surface area contributed by atoms with Crippen LogP contribution in [0.5, 0.6) is 0 Å². The first-order valence-corrected chi connectivity index (χ1v) is 7.43. The number of carbonyl (C=O) groups is 2. The van der Waals surface area contributed by atoms with Crippen LogP contribution in [0.1, 0.15) is 17.5 Å². The largest absolute Gasteiger partial charge is 0.352 e. The summed E-state index contributed by atoms with van der Waals surface area (Å²) in [5.41, 5.74) is 2.01. The molecule has 0 spiro atoms. The van der Waals surface area contributed by atoms with Gasteiger partial charge < -0.3 is 10.2 Å². The summed E-state index contributed by atoms with van der Waals surface area (Å²) in [6.45, 7) is 0.944. The molecule has 6 nitrogen and oxygen atoms in total. The van der Waals surface area contributed by atoms with E-state index in [2.05, 4.69) is 15.3 Å². The van der Waals surface area contributed by atoms with Gasteiger partial charge in [0, 0.05) is 44.9 Å². The van der Waals surface area contributed by atoms with E-state index in [1.165, 1.54) is 0 Å². The van der Waals surface area contributed by atoms with Crippen LogP contribution < -0.4 is 5.32 Å². The predicted molar refractivity (Wildman–Crippen MR) is 86.3 cm³/mol. The number of hydrogen-bond acceptors (Lipinski definition) is 4. The van der Waals surface area contributed by atoms with Crippen molar-refractivity contribution < 1.29 is 9.59 Å². The minimum Gasteiger partial charge on any atom is -0.352 e. The van der Waals surface area contributed by atoms with Crippen LogP contribution >= 0.6 is 0 Å². The number of nitrogens with one attached hydrogen (secondary N) is 1. The number of rotatable bonds is 7. The van der Waals surface area contributed by atoms with Crippen molar-refractivity contribution in [2.24, 2.45) is 0 Å². The zero-order chi connectivity index (χ0) is 16.5. The van der Waals surface area contributed by atoms with Gasteiger partial charge in [0.1, 0.15) is 6.42 Å². The minimum atomic E-state index is -0.283. The van der Waals surface area contributed by atoms with Crippen LogP contribution in [0.4, 0.5) is 0 Å². The standard InChI is InChI=1S/C17H20N4O2/c1-21(10-6-14-4-8-18-9-5-14)17(23)11-16(22)20-13-15-3-2-7-19-12-15/h2-5,7-9,12H,6,10-11,13H2,1H3,(H,20,22). The average molecular weight is 312 g/mol. The summed E-state index contributed by atoms with van der Waals surface area (Å²) in [7, 11) is 1.71. The van der Waals surface area contributed by atoms with Gasteiger partial charge in [0.05, 0.1) is 0 Å². The molecule has 6 heteroatoms. The predicted octanol–water partition coefficient (Wildman–Crippen LogP) is 1.18. The zero-order valence-corrected chi connectivity index (χ0v) is 13.1. The fourth-order valence-electron chi connectivity index (χ4n) is 2.01. The van der Waals surface area contributed by atoms with Crippen molar-refractivity contribution >= 4 is 11.8 Å². The third-order valence-corrected chi connectivity index (χ3v) is 3.44. The lowest BCUT2D eigenvalue weighted by Crippen LogP contribution is -2.34. The topological polar surface area (TPSA) is 75.2 Å². The second kappa shape index (κ2) is 8.63. The van der Waals surface area contributed by atoms with Gasteiger partial charge >= 0.3 is 0 Å². The van der Waals surface area contributed by atoms with Crippen molar-refractivity contribution in [3.63, 3.8) is 0 Å². The van der Waals surface area contributed by atoms with Crippen LogP contribution in [0.25, 0.3) is 0 Å². The van der Waals surface area contributed by atoms with Crippen molar-refractivity contribution in [2.45, 2.75) is 19.4 Å². The number of carbonyl (C=O) groups excluding carboxylic acids is 2. The molecule has 0 unspecified atom stereocenters. The number of pyridine rings is 2. The van der Waals surface area contributed by atoms with Gasteiger partial charge in [-0.3, -0.25) is 19.6 Å². The number of hydrogen-bond donors (Lipinski definition) is 1. The van der Waals surface area contributed by atoms with Crippen LogP contribution in [0.2, 0.25) is 0 Å². The number of nitrogens with zero attached hydrogens (tertiary/aromatic N) is 3. The molecule has 2 aromatic rings. The molecule has 0 bridgehead atoms. The SMILES string of the molecule is CN(CCc1ccncc1)C(=O)CC(=O)NCc1cccnc1. The van der Waals surface area contributed by atoms with Gasteiger partial charge in [0.25, 0.3) is 0 Å². The zero-order valence-electron chi connectivity index (χ0n) is 13.1. The van der Waals surface area contributed by atoms with Crippen LogP contribution in [0.3, 0.4) is 0 Å². The molecule has 0 saturated heterocycles. The molecular formula is C17H20N4O2. The Morgan fingerprint density at radius 3 is 2.57 bits per heavy atom. The quantitative estimate of drug-likeness (QED) is 0.779. The Balaban J connectivity index is 1.71. The van der Waals surface area contributed by atoms with E-state index >= 15 is 0 Å². The fourth-order valence-corrected chi connectivity index (χ4v) is 2.01. The molecule has 120 valence electrons. The second-order valence-electron chi connectivity index (χ2n) is 5.24. The van der Waals surface area contributed by atoms with Gasteiger partial charge in [-0.2, -0.15) is 0 Å². The van der Waals surface area contributed by atoms with Crippen molar-refractivity contribution in [3.05, 3.63) is 60.2 Å². The highest BCUT2D eigenvalue weighted by molar-refractivity contribution is 5.96. The summed E-state index contributed by atoms with van der Waals surface area (Å²) in [6, 6.07) is 7.51. The average Bonchev–Trinajstić information content (AvgIpc) is 2.59. The van der Waals surface area contributed by atoms with Gasteiger partial charge in [-0.1, -0.05) is 6.07 Å². The summed E-state index contributed by atoms with van der Waals surface area (Å²) < 4.78 is 0. The molecule has 0 radical (unpaired) electrons. The van der Waals surface area contributed by atoms with Gasteiger partial charge in [0.15, 0.2) is 0 Å². The van der Waals surface area contributed by atoms with E-state index in [9.17, 15) is 9.59 Å². The monoisotopic (exact) mass is 312 g/mol.